The third-order valence-corrected chi connectivity index (χ3v) is 6.63. The Balaban J connectivity index is 1.58. The van der Waals surface area contributed by atoms with Gasteiger partial charge in [-0.25, -0.2) is 4.39 Å². The fourth-order valence-electron chi connectivity index (χ4n) is 3.15. The molecule has 1 aliphatic heterocycles. The molecule has 1 aliphatic rings. The summed E-state index contributed by atoms with van der Waals surface area (Å²) in [4.78, 5) is 14.7. The smallest absolute Gasteiger partial charge is 0.270 e. The summed E-state index contributed by atoms with van der Waals surface area (Å²) in [5.74, 6) is 0.257. The number of thiocarbonyl (C=S) groups is 1. The molecule has 0 spiro atoms. The van der Waals surface area contributed by atoms with Crippen molar-refractivity contribution in [2.24, 2.45) is 0 Å². The number of anilines is 1. The van der Waals surface area contributed by atoms with Crippen molar-refractivity contribution in [3.8, 4) is 11.5 Å². The van der Waals surface area contributed by atoms with E-state index in [2.05, 4.69) is 0 Å². The minimum absolute atomic E-state index is 0.206. The van der Waals surface area contributed by atoms with Crippen LogP contribution in [-0.2, 0) is 11.4 Å². The molecule has 168 valence electrons. The number of methoxy groups -OCH3 is 1. The van der Waals surface area contributed by atoms with Crippen molar-refractivity contribution >= 4 is 69.2 Å². The highest BCUT2D eigenvalue weighted by Gasteiger charge is 2.33. The second-order valence-electron chi connectivity index (χ2n) is 6.93. The summed E-state index contributed by atoms with van der Waals surface area (Å²) in [7, 11) is 1.54. The Bertz CT molecular complexity index is 1280. The average molecular weight is 520 g/mol. The molecule has 1 saturated heterocycles. The van der Waals surface area contributed by atoms with E-state index in [1.807, 2.05) is 0 Å². The minimum Gasteiger partial charge on any atom is -0.493 e. The number of amides is 1. The highest BCUT2D eigenvalue weighted by atomic mass is 35.5. The highest BCUT2D eigenvalue weighted by Crippen LogP contribution is 2.37. The summed E-state index contributed by atoms with van der Waals surface area (Å²) < 4.78 is 25.3. The number of thioether (sulfide) groups is 1. The van der Waals surface area contributed by atoms with Crippen molar-refractivity contribution in [1.29, 1.82) is 0 Å². The van der Waals surface area contributed by atoms with E-state index >= 15 is 0 Å². The lowest BCUT2D eigenvalue weighted by molar-refractivity contribution is -0.113. The number of carbonyl (C=O) groups is 1. The fraction of sp³-hybridized carbons (Fsp3) is 0.0833. The predicted molar refractivity (Wildman–Crippen MR) is 136 cm³/mol. The summed E-state index contributed by atoms with van der Waals surface area (Å²) >= 11 is 18.7. The van der Waals surface area contributed by atoms with Gasteiger partial charge < -0.3 is 9.47 Å². The molecule has 0 aromatic heterocycles. The van der Waals surface area contributed by atoms with E-state index in [1.54, 1.807) is 55.7 Å². The Morgan fingerprint density at radius 1 is 1.09 bits per heavy atom. The first-order valence-corrected chi connectivity index (χ1v) is 11.6. The molecule has 0 aliphatic carbocycles. The minimum atomic E-state index is -0.441. The third kappa shape index (κ3) is 5.33. The predicted octanol–water partition coefficient (Wildman–Crippen LogP) is 7.13. The van der Waals surface area contributed by atoms with Crippen molar-refractivity contribution in [3.05, 3.63) is 92.6 Å². The normalized spacial score (nSPS) is 14.8. The Morgan fingerprint density at radius 3 is 2.64 bits per heavy atom. The van der Waals surface area contributed by atoms with Gasteiger partial charge in [0.15, 0.2) is 15.8 Å². The Kier molecular flexibility index (Phi) is 7.24. The lowest BCUT2D eigenvalue weighted by Crippen LogP contribution is -2.27. The molecule has 0 bridgehead atoms. The van der Waals surface area contributed by atoms with Gasteiger partial charge >= 0.3 is 0 Å². The molecule has 3 aromatic carbocycles. The molecule has 1 amide bonds. The number of carbonyl (C=O) groups excluding carboxylic acids is 1. The van der Waals surface area contributed by atoms with Gasteiger partial charge in [0.2, 0.25) is 0 Å². The maximum Gasteiger partial charge on any atom is 0.270 e. The number of hydrogen-bond donors (Lipinski definition) is 0. The molecule has 3 aromatic rings. The number of rotatable bonds is 6. The van der Waals surface area contributed by atoms with Gasteiger partial charge in [-0.1, -0.05) is 65.4 Å². The molecule has 0 atom stereocenters. The first kappa shape index (κ1) is 23.6. The fourth-order valence-corrected chi connectivity index (χ4v) is 4.91. The third-order valence-electron chi connectivity index (χ3n) is 4.74. The summed E-state index contributed by atoms with van der Waals surface area (Å²) in [5, 5.41) is 1.04. The largest absolute Gasteiger partial charge is 0.493 e. The van der Waals surface area contributed by atoms with Crippen LogP contribution in [-0.4, -0.2) is 17.3 Å². The highest BCUT2D eigenvalue weighted by molar-refractivity contribution is 8.27. The van der Waals surface area contributed by atoms with Crippen molar-refractivity contribution in [1.82, 2.24) is 0 Å². The van der Waals surface area contributed by atoms with E-state index in [0.29, 0.717) is 42.0 Å². The van der Waals surface area contributed by atoms with Crippen LogP contribution in [0.1, 0.15) is 11.1 Å². The van der Waals surface area contributed by atoms with Crippen LogP contribution in [0.5, 0.6) is 11.5 Å². The van der Waals surface area contributed by atoms with Crippen molar-refractivity contribution in [3.63, 3.8) is 0 Å². The van der Waals surface area contributed by atoms with Gasteiger partial charge in [0.1, 0.15) is 12.4 Å². The molecular weight excluding hydrogens is 504 g/mol. The monoisotopic (exact) mass is 519 g/mol. The second kappa shape index (κ2) is 10.1. The molecule has 0 radical (unpaired) electrons. The Morgan fingerprint density at radius 2 is 1.91 bits per heavy atom. The molecule has 1 heterocycles. The molecule has 4 nitrogen and oxygen atoms in total. The van der Waals surface area contributed by atoms with E-state index in [0.717, 1.165) is 17.3 Å². The van der Waals surface area contributed by atoms with Gasteiger partial charge in [-0.2, -0.15) is 0 Å². The first-order chi connectivity index (χ1) is 15.9. The van der Waals surface area contributed by atoms with Crippen LogP contribution in [0.15, 0.2) is 65.6 Å². The van der Waals surface area contributed by atoms with Gasteiger partial charge in [-0.15, -0.1) is 0 Å². The molecule has 33 heavy (non-hydrogen) atoms. The van der Waals surface area contributed by atoms with Crippen LogP contribution in [0, 0.1) is 5.82 Å². The number of nitrogens with zero attached hydrogens (tertiary/aromatic N) is 1. The van der Waals surface area contributed by atoms with Gasteiger partial charge in [-0.3, -0.25) is 9.69 Å². The molecule has 0 N–H and O–H groups in total. The van der Waals surface area contributed by atoms with E-state index in [-0.39, 0.29) is 12.5 Å². The average Bonchev–Trinajstić information content (AvgIpc) is 3.06. The van der Waals surface area contributed by atoms with E-state index in [9.17, 15) is 9.18 Å². The van der Waals surface area contributed by atoms with Crippen LogP contribution in [0.4, 0.5) is 10.1 Å². The standard InChI is InChI=1S/C24H16Cl2FNO3S2/c1-30-20-8-5-14(9-21(20)31-13-15-6-7-16(25)11-19(15)26)10-22-23(29)28(24(32)33-22)18-4-2-3-17(27)12-18/h2-12H,13H2,1H3/b22-10+. The van der Waals surface area contributed by atoms with E-state index in [1.165, 1.54) is 23.1 Å². The number of ether oxygens (including phenoxy) is 2. The SMILES string of the molecule is COc1ccc(/C=C2/SC(=S)N(c3cccc(F)c3)C2=O)cc1OCc1ccc(Cl)cc1Cl. The van der Waals surface area contributed by atoms with Crippen LogP contribution in [0.3, 0.4) is 0 Å². The molecule has 0 unspecified atom stereocenters. The zero-order chi connectivity index (χ0) is 23.5. The van der Waals surface area contributed by atoms with Gasteiger partial charge in [0, 0.05) is 15.6 Å². The van der Waals surface area contributed by atoms with Crippen molar-refractivity contribution < 1.29 is 18.7 Å². The number of halogens is 3. The summed E-state index contributed by atoms with van der Waals surface area (Å²) in [6.45, 7) is 0.206. The topological polar surface area (TPSA) is 38.8 Å². The molecule has 4 rings (SSSR count). The number of hydrogen-bond acceptors (Lipinski definition) is 5. The maximum absolute atomic E-state index is 13.6. The molecule has 9 heteroatoms. The van der Waals surface area contributed by atoms with Crippen molar-refractivity contribution in [2.45, 2.75) is 6.61 Å². The lowest BCUT2D eigenvalue weighted by Gasteiger charge is -2.14. The lowest BCUT2D eigenvalue weighted by atomic mass is 10.1. The van der Waals surface area contributed by atoms with Gasteiger partial charge in [0.05, 0.1) is 17.7 Å². The van der Waals surface area contributed by atoms with Gasteiger partial charge in [0.25, 0.3) is 5.91 Å². The Hall–Kier alpha value is -2.58. The van der Waals surface area contributed by atoms with Crippen LogP contribution < -0.4 is 14.4 Å². The van der Waals surface area contributed by atoms with Crippen molar-refractivity contribution in [2.75, 3.05) is 12.0 Å². The molecule has 0 saturated carbocycles. The van der Waals surface area contributed by atoms with E-state index < -0.39 is 5.82 Å². The number of benzene rings is 3. The van der Waals surface area contributed by atoms with Crippen LogP contribution >= 0.6 is 47.2 Å². The molecular formula is C24H16Cl2FNO3S2. The summed E-state index contributed by atoms with van der Waals surface area (Å²) in [5.41, 5.74) is 1.87. The van der Waals surface area contributed by atoms with Gasteiger partial charge in [-0.05, 0) is 54.1 Å². The second-order valence-corrected chi connectivity index (χ2v) is 9.45. The Labute approximate surface area is 209 Å². The summed E-state index contributed by atoms with van der Waals surface area (Å²) in [6, 6.07) is 16.2. The quantitative estimate of drug-likeness (QED) is 0.256. The van der Waals surface area contributed by atoms with E-state index in [4.69, 9.17) is 44.9 Å². The summed E-state index contributed by atoms with van der Waals surface area (Å²) in [6.07, 6.45) is 1.71. The first-order valence-electron chi connectivity index (χ1n) is 9.64. The van der Waals surface area contributed by atoms with Crippen LogP contribution in [0.2, 0.25) is 10.0 Å². The zero-order valence-corrected chi connectivity index (χ0v) is 20.3. The van der Waals surface area contributed by atoms with Crippen LogP contribution in [0.25, 0.3) is 6.08 Å². The molecule has 1 fully saturated rings. The zero-order valence-electron chi connectivity index (χ0n) is 17.2. The maximum atomic E-state index is 13.6.